The summed E-state index contributed by atoms with van der Waals surface area (Å²) in [6.07, 6.45) is 0. The van der Waals surface area contributed by atoms with E-state index in [2.05, 4.69) is 19.2 Å². The van der Waals surface area contributed by atoms with Crippen LogP contribution in [0.4, 0.5) is 11.4 Å². The first-order chi connectivity index (χ1) is 16.8. The number of carbonyl (C=O) groups excluding carboxylic acids is 2. The van der Waals surface area contributed by atoms with Crippen molar-refractivity contribution >= 4 is 39.5 Å². The second-order valence-corrected chi connectivity index (χ2v) is 9.41. The fourth-order valence-electron chi connectivity index (χ4n) is 4.70. The molecule has 1 aliphatic heterocycles. The molecule has 0 fully saturated rings. The van der Waals surface area contributed by atoms with Gasteiger partial charge in [0.05, 0.1) is 11.3 Å². The molecular weight excluding hydrogens is 432 g/mol. The molecule has 0 aromatic heterocycles. The average Bonchev–Trinajstić information content (AvgIpc) is 3.08. The van der Waals surface area contributed by atoms with Crippen molar-refractivity contribution in [3.8, 4) is 0 Å². The van der Waals surface area contributed by atoms with Crippen LogP contribution in [0.1, 0.15) is 42.0 Å². The van der Waals surface area contributed by atoms with Gasteiger partial charge in [-0.15, -0.1) is 0 Å². The van der Waals surface area contributed by atoms with Gasteiger partial charge in [0.25, 0.3) is 11.8 Å². The molecule has 0 bridgehead atoms. The highest BCUT2D eigenvalue weighted by molar-refractivity contribution is 6.46. The summed E-state index contributed by atoms with van der Waals surface area (Å²) >= 11 is 0. The summed E-state index contributed by atoms with van der Waals surface area (Å²) in [5, 5.41) is 5.40. The van der Waals surface area contributed by atoms with Crippen molar-refractivity contribution in [2.75, 3.05) is 10.2 Å². The molecule has 1 N–H and O–H groups in total. The fraction of sp³-hybridized carbons (Fsp3) is 0.161. The van der Waals surface area contributed by atoms with E-state index >= 15 is 0 Å². The predicted octanol–water partition coefficient (Wildman–Crippen LogP) is 6.98. The molecule has 2 amide bonds. The summed E-state index contributed by atoms with van der Waals surface area (Å²) in [4.78, 5) is 29.0. The van der Waals surface area contributed by atoms with Gasteiger partial charge < -0.3 is 5.32 Å². The van der Waals surface area contributed by atoms with Crippen LogP contribution in [0.25, 0.3) is 16.3 Å². The minimum atomic E-state index is -0.352. The van der Waals surface area contributed by atoms with Crippen molar-refractivity contribution in [1.82, 2.24) is 0 Å². The third-order valence-electron chi connectivity index (χ3n) is 6.60. The van der Waals surface area contributed by atoms with Gasteiger partial charge in [-0.1, -0.05) is 86.1 Å². The number of nitrogens with one attached hydrogen (secondary N) is 1. The molecule has 1 aliphatic rings. The number of anilines is 2. The van der Waals surface area contributed by atoms with E-state index in [4.69, 9.17) is 0 Å². The number of carbonyl (C=O) groups is 2. The number of aryl methyl sites for hydroxylation is 2. The molecule has 5 rings (SSSR count). The zero-order chi connectivity index (χ0) is 24.7. The van der Waals surface area contributed by atoms with Crippen LogP contribution in [0.5, 0.6) is 0 Å². The Hall–Kier alpha value is -4.18. The summed E-state index contributed by atoms with van der Waals surface area (Å²) in [5.41, 5.74) is 6.03. The van der Waals surface area contributed by atoms with Crippen molar-refractivity contribution < 1.29 is 9.59 Å². The standard InChI is InChI=1S/C31H28N2O2/c1-19(2)22-13-15-24(16-14-22)33-30(34)28(25-17-12-20(3)18-21(25)4)29(31(33)35)32-27-11-7-9-23-8-5-6-10-26(23)27/h5-19,32H,1-4H3. The normalized spacial score (nSPS) is 13.9. The quantitative estimate of drug-likeness (QED) is 0.327. The molecule has 4 aromatic rings. The Morgan fingerprint density at radius 3 is 2.20 bits per heavy atom. The van der Waals surface area contributed by atoms with E-state index in [9.17, 15) is 9.59 Å². The Labute approximate surface area is 205 Å². The van der Waals surface area contributed by atoms with Crippen LogP contribution in [0.2, 0.25) is 0 Å². The van der Waals surface area contributed by atoms with E-state index in [0.29, 0.717) is 22.9 Å². The molecule has 35 heavy (non-hydrogen) atoms. The number of hydrogen-bond donors (Lipinski definition) is 1. The molecule has 0 aliphatic carbocycles. The Morgan fingerprint density at radius 1 is 0.771 bits per heavy atom. The highest BCUT2D eigenvalue weighted by Gasteiger charge is 2.40. The summed E-state index contributed by atoms with van der Waals surface area (Å²) in [6.45, 7) is 8.23. The highest BCUT2D eigenvalue weighted by atomic mass is 16.2. The average molecular weight is 461 g/mol. The van der Waals surface area contributed by atoms with Gasteiger partial charge in [-0.3, -0.25) is 9.59 Å². The smallest absolute Gasteiger partial charge is 0.282 e. The lowest BCUT2D eigenvalue weighted by Gasteiger charge is -2.17. The lowest BCUT2D eigenvalue weighted by atomic mass is 9.97. The number of amides is 2. The number of hydrogen-bond acceptors (Lipinski definition) is 3. The monoisotopic (exact) mass is 460 g/mol. The lowest BCUT2D eigenvalue weighted by Crippen LogP contribution is -2.32. The van der Waals surface area contributed by atoms with E-state index in [-0.39, 0.29) is 11.8 Å². The molecule has 0 radical (unpaired) electrons. The molecule has 0 spiro atoms. The Balaban J connectivity index is 1.65. The van der Waals surface area contributed by atoms with Crippen molar-refractivity contribution in [1.29, 1.82) is 0 Å². The predicted molar refractivity (Wildman–Crippen MR) is 143 cm³/mol. The molecule has 4 nitrogen and oxygen atoms in total. The highest BCUT2D eigenvalue weighted by Crippen LogP contribution is 2.36. The van der Waals surface area contributed by atoms with Gasteiger partial charge in [0.15, 0.2) is 0 Å². The lowest BCUT2D eigenvalue weighted by molar-refractivity contribution is -0.120. The van der Waals surface area contributed by atoms with E-state index < -0.39 is 0 Å². The second kappa shape index (κ2) is 8.88. The molecule has 0 atom stereocenters. The van der Waals surface area contributed by atoms with E-state index in [0.717, 1.165) is 38.7 Å². The molecule has 0 saturated carbocycles. The first-order valence-electron chi connectivity index (χ1n) is 11.9. The number of benzene rings is 4. The molecule has 1 heterocycles. The number of nitrogens with zero attached hydrogens (tertiary/aromatic N) is 1. The topological polar surface area (TPSA) is 49.4 Å². The van der Waals surface area contributed by atoms with Crippen LogP contribution in [0, 0.1) is 13.8 Å². The summed E-state index contributed by atoms with van der Waals surface area (Å²) in [7, 11) is 0. The van der Waals surface area contributed by atoms with Gasteiger partial charge in [-0.05, 0) is 60.0 Å². The number of fused-ring (bicyclic) bond motifs is 1. The van der Waals surface area contributed by atoms with Crippen LogP contribution in [-0.4, -0.2) is 11.8 Å². The third-order valence-corrected chi connectivity index (χ3v) is 6.60. The van der Waals surface area contributed by atoms with Crippen LogP contribution in [0.15, 0.2) is 90.6 Å². The van der Waals surface area contributed by atoms with Gasteiger partial charge in [-0.25, -0.2) is 4.90 Å². The summed E-state index contributed by atoms with van der Waals surface area (Å²) < 4.78 is 0. The largest absolute Gasteiger partial charge is 0.350 e. The van der Waals surface area contributed by atoms with Gasteiger partial charge in [-0.2, -0.15) is 0 Å². The van der Waals surface area contributed by atoms with Gasteiger partial charge >= 0.3 is 0 Å². The van der Waals surface area contributed by atoms with Crippen molar-refractivity contribution in [2.24, 2.45) is 0 Å². The maximum atomic E-state index is 13.8. The molecule has 174 valence electrons. The van der Waals surface area contributed by atoms with Crippen LogP contribution < -0.4 is 10.2 Å². The molecule has 0 unspecified atom stereocenters. The first-order valence-corrected chi connectivity index (χ1v) is 11.9. The maximum absolute atomic E-state index is 13.8. The Morgan fingerprint density at radius 2 is 1.49 bits per heavy atom. The third kappa shape index (κ3) is 4.01. The van der Waals surface area contributed by atoms with Crippen molar-refractivity contribution in [3.63, 3.8) is 0 Å². The SMILES string of the molecule is Cc1ccc(C2=C(Nc3cccc4ccccc34)C(=O)N(c3ccc(C(C)C)cc3)C2=O)c(C)c1. The Bertz CT molecular complexity index is 1490. The Kier molecular flexibility index (Phi) is 5.73. The second-order valence-electron chi connectivity index (χ2n) is 9.41. The zero-order valence-corrected chi connectivity index (χ0v) is 20.4. The maximum Gasteiger partial charge on any atom is 0.282 e. The van der Waals surface area contributed by atoms with Gasteiger partial charge in [0, 0.05) is 11.1 Å². The molecule has 0 saturated heterocycles. The molecule has 4 aromatic carbocycles. The van der Waals surface area contributed by atoms with Crippen LogP contribution >= 0.6 is 0 Å². The fourth-order valence-corrected chi connectivity index (χ4v) is 4.70. The minimum Gasteiger partial charge on any atom is -0.350 e. The molecule has 4 heteroatoms. The van der Waals surface area contributed by atoms with E-state index in [1.54, 1.807) is 0 Å². The van der Waals surface area contributed by atoms with Crippen LogP contribution in [-0.2, 0) is 9.59 Å². The van der Waals surface area contributed by atoms with Crippen LogP contribution in [0.3, 0.4) is 0 Å². The minimum absolute atomic E-state index is 0.297. The summed E-state index contributed by atoms with van der Waals surface area (Å²) in [5.74, 6) is -0.307. The van der Waals surface area contributed by atoms with E-state index in [1.165, 1.54) is 4.90 Å². The van der Waals surface area contributed by atoms with Gasteiger partial charge in [0.2, 0.25) is 0 Å². The molecular formula is C31H28N2O2. The van der Waals surface area contributed by atoms with Crippen molar-refractivity contribution in [3.05, 3.63) is 113 Å². The zero-order valence-electron chi connectivity index (χ0n) is 20.4. The summed E-state index contributed by atoms with van der Waals surface area (Å²) in [6, 6.07) is 27.5. The first kappa shape index (κ1) is 22.6. The van der Waals surface area contributed by atoms with E-state index in [1.807, 2.05) is 98.8 Å². The number of imide groups is 1. The van der Waals surface area contributed by atoms with Gasteiger partial charge in [0.1, 0.15) is 5.70 Å². The number of rotatable bonds is 5. The van der Waals surface area contributed by atoms with Crippen molar-refractivity contribution in [2.45, 2.75) is 33.6 Å².